The Balaban J connectivity index is 1.59. The minimum atomic E-state index is -0.165. The average molecular weight is 327 g/mol. The molecule has 1 fully saturated rings. The van der Waals surface area contributed by atoms with E-state index in [-0.39, 0.29) is 11.9 Å². The maximum Gasteiger partial charge on any atom is 0.257 e. The first-order valence-corrected chi connectivity index (χ1v) is 8.55. The van der Waals surface area contributed by atoms with E-state index in [4.69, 9.17) is 0 Å². The van der Waals surface area contributed by atoms with Gasteiger partial charge in [-0.3, -0.25) is 14.8 Å². The molecule has 2 heterocycles. The quantitative estimate of drug-likeness (QED) is 0.794. The fourth-order valence-electron chi connectivity index (χ4n) is 2.54. The minimum Gasteiger partial charge on any atom is -0.296 e. The number of nitrogens with zero attached hydrogens (tertiary/aromatic N) is 4. The summed E-state index contributed by atoms with van der Waals surface area (Å²) in [6.07, 6.45) is 4.18. The lowest BCUT2D eigenvalue weighted by Gasteiger charge is -2.08. The molecule has 0 spiro atoms. The first-order chi connectivity index (χ1) is 11.1. The number of hydrogen-bond donors (Lipinski definition) is 1. The van der Waals surface area contributed by atoms with Crippen molar-refractivity contribution in [1.82, 2.24) is 20.0 Å². The van der Waals surface area contributed by atoms with Crippen molar-refractivity contribution in [3.05, 3.63) is 35.0 Å². The Bertz CT molecular complexity index is 878. The van der Waals surface area contributed by atoms with Gasteiger partial charge in [0, 0.05) is 22.9 Å². The molecule has 0 atom stereocenters. The molecule has 2 aromatic heterocycles. The van der Waals surface area contributed by atoms with E-state index in [2.05, 4.69) is 34.5 Å². The van der Waals surface area contributed by atoms with Crippen LogP contribution in [0.2, 0.25) is 0 Å². The fourth-order valence-corrected chi connectivity index (χ4v) is 3.45. The number of fused-ring (bicyclic) bond motifs is 1. The number of nitrogens with one attached hydrogen (secondary N) is 1. The van der Waals surface area contributed by atoms with E-state index in [1.807, 2.05) is 29.1 Å². The van der Waals surface area contributed by atoms with Gasteiger partial charge in [-0.2, -0.15) is 5.10 Å². The zero-order valence-corrected chi connectivity index (χ0v) is 13.8. The van der Waals surface area contributed by atoms with Crippen LogP contribution in [0.25, 0.3) is 10.9 Å². The van der Waals surface area contributed by atoms with Crippen LogP contribution in [-0.4, -0.2) is 25.9 Å². The molecule has 1 N–H and O–H groups in total. The van der Waals surface area contributed by atoms with E-state index >= 15 is 0 Å². The first kappa shape index (κ1) is 14.3. The predicted molar refractivity (Wildman–Crippen MR) is 90.0 cm³/mol. The molecule has 23 heavy (non-hydrogen) atoms. The standard InChI is InChI=1S/C16H17N5OS/c1-9(2)21-13-7-11(5-6-12(13)8-17-21)14(22)18-16-20-19-15(23-16)10-3-4-10/h5-10H,3-4H2,1-2H3,(H,18,20,22). The summed E-state index contributed by atoms with van der Waals surface area (Å²) in [5.74, 6) is 0.386. The van der Waals surface area contributed by atoms with Gasteiger partial charge in [0.1, 0.15) is 5.01 Å². The van der Waals surface area contributed by atoms with Crippen molar-refractivity contribution in [2.24, 2.45) is 0 Å². The number of carbonyl (C=O) groups excluding carboxylic acids is 1. The molecule has 7 heteroatoms. The van der Waals surface area contributed by atoms with Crippen LogP contribution < -0.4 is 5.32 Å². The van der Waals surface area contributed by atoms with Crippen LogP contribution in [0, 0.1) is 0 Å². The maximum absolute atomic E-state index is 12.5. The number of aromatic nitrogens is 4. The molecule has 0 aliphatic heterocycles. The van der Waals surface area contributed by atoms with Crippen molar-refractivity contribution < 1.29 is 4.79 Å². The molecule has 0 bridgehead atoms. The van der Waals surface area contributed by atoms with Crippen molar-refractivity contribution in [3.63, 3.8) is 0 Å². The molecule has 1 saturated carbocycles. The number of rotatable bonds is 4. The molecule has 0 saturated heterocycles. The van der Waals surface area contributed by atoms with E-state index in [1.165, 1.54) is 24.2 Å². The lowest BCUT2D eigenvalue weighted by atomic mass is 10.1. The molecule has 1 aliphatic carbocycles. The summed E-state index contributed by atoms with van der Waals surface area (Å²) >= 11 is 1.47. The van der Waals surface area contributed by atoms with Gasteiger partial charge < -0.3 is 0 Å². The largest absolute Gasteiger partial charge is 0.296 e. The predicted octanol–water partition coefficient (Wildman–Crippen LogP) is 3.60. The smallest absolute Gasteiger partial charge is 0.257 e. The zero-order chi connectivity index (χ0) is 16.0. The Kier molecular flexibility index (Phi) is 3.37. The SMILES string of the molecule is CC(C)n1ncc2ccc(C(=O)Nc3nnc(C4CC4)s3)cc21. The van der Waals surface area contributed by atoms with Gasteiger partial charge in [0.05, 0.1) is 11.7 Å². The average Bonchev–Trinajstić information content (AvgIpc) is 3.12. The van der Waals surface area contributed by atoms with Gasteiger partial charge in [0.15, 0.2) is 0 Å². The summed E-state index contributed by atoms with van der Waals surface area (Å²) in [6, 6.07) is 5.86. The monoisotopic (exact) mass is 327 g/mol. The highest BCUT2D eigenvalue weighted by Gasteiger charge is 2.27. The lowest BCUT2D eigenvalue weighted by Crippen LogP contribution is -2.12. The van der Waals surface area contributed by atoms with E-state index in [0.29, 0.717) is 16.6 Å². The number of carbonyl (C=O) groups is 1. The number of benzene rings is 1. The molecule has 0 radical (unpaired) electrons. The van der Waals surface area contributed by atoms with Crippen LogP contribution in [0.5, 0.6) is 0 Å². The van der Waals surface area contributed by atoms with Crippen molar-refractivity contribution in [2.45, 2.75) is 38.6 Å². The third-order valence-corrected chi connectivity index (χ3v) is 4.94. The second-order valence-corrected chi connectivity index (χ2v) is 7.14. The Morgan fingerprint density at radius 2 is 2.17 bits per heavy atom. The number of hydrogen-bond acceptors (Lipinski definition) is 5. The fraction of sp³-hybridized carbons (Fsp3) is 0.375. The van der Waals surface area contributed by atoms with Crippen LogP contribution >= 0.6 is 11.3 Å². The summed E-state index contributed by atoms with van der Waals surface area (Å²) in [5.41, 5.74) is 1.56. The molecule has 3 aromatic rings. The van der Waals surface area contributed by atoms with Crippen LogP contribution in [-0.2, 0) is 0 Å². The third kappa shape index (κ3) is 2.72. The van der Waals surface area contributed by atoms with Crippen molar-refractivity contribution in [3.8, 4) is 0 Å². The molecular weight excluding hydrogens is 310 g/mol. The van der Waals surface area contributed by atoms with E-state index < -0.39 is 0 Å². The number of anilines is 1. The summed E-state index contributed by atoms with van der Waals surface area (Å²) < 4.78 is 1.92. The van der Waals surface area contributed by atoms with Gasteiger partial charge in [-0.15, -0.1) is 10.2 Å². The molecular formula is C16H17N5OS. The van der Waals surface area contributed by atoms with Crippen LogP contribution in [0.3, 0.4) is 0 Å². The summed E-state index contributed by atoms with van der Waals surface area (Å²) in [5, 5.41) is 18.0. The Morgan fingerprint density at radius 3 is 2.91 bits per heavy atom. The van der Waals surface area contributed by atoms with Gasteiger partial charge in [-0.25, -0.2) is 0 Å². The van der Waals surface area contributed by atoms with Gasteiger partial charge in [-0.1, -0.05) is 17.4 Å². The van der Waals surface area contributed by atoms with E-state index in [9.17, 15) is 4.79 Å². The summed E-state index contributed by atoms with van der Waals surface area (Å²) in [4.78, 5) is 12.5. The highest BCUT2D eigenvalue weighted by atomic mass is 32.1. The molecule has 0 unspecified atom stereocenters. The molecule has 1 amide bonds. The van der Waals surface area contributed by atoms with Crippen molar-refractivity contribution in [2.75, 3.05) is 5.32 Å². The number of amides is 1. The summed E-state index contributed by atoms with van der Waals surface area (Å²) in [7, 11) is 0. The maximum atomic E-state index is 12.5. The van der Waals surface area contributed by atoms with Gasteiger partial charge in [0.2, 0.25) is 5.13 Å². The van der Waals surface area contributed by atoms with E-state index in [1.54, 1.807) is 0 Å². The summed E-state index contributed by atoms with van der Waals surface area (Å²) in [6.45, 7) is 4.14. The highest BCUT2D eigenvalue weighted by molar-refractivity contribution is 7.15. The Labute approximate surface area is 137 Å². The molecule has 118 valence electrons. The third-order valence-electron chi connectivity index (χ3n) is 3.94. The molecule has 1 aromatic carbocycles. The Morgan fingerprint density at radius 1 is 1.35 bits per heavy atom. The van der Waals surface area contributed by atoms with Crippen molar-refractivity contribution in [1.29, 1.82) is 0 Å². The van der Waals surface area contributed by atoms with Crippen LogP contribution in [0.4, 0.5) is 5.13 Å². The minimum absolute atomic E-state index is 0.165. The van der Waals surface area contributed by atoms with Gasteiger partial charge in [-0.05, 0) is 38.8 Å². The molecule has 6 nitrogen and oxygen atoms in total. The Hall–Kier alpha value is -2.28. The second kappa shape index (κ2) is 5.42. The second-order valence-electron chi connectivity index (χ2n) is 6.13. The molecule has 4 rings (SSSR count). The normalized spacial score (nSPS) is 14.6. The van der Waals surface area contributed by atoms with Crippen LogP contribution in [0.1, 0.15) is 54.0 Å². The molecule has 1 aliphatic rings. The van der Waals surface area contributed by atoms with Crippen LogP contribution in [0.15, 0.2) is 24.4 Å². The van der Waals surface area contributed by atoms with Gasteiger partial charge >= 0.3 is 0 Å². The zero-order valence-electron chi connectivity index (χ0n) is 13.0. The van der Waals surface area contributed by atoms with Crippen molar-refractivity contribution >= 4 is 33.3 Å². The first-order valence-electron chi connectivity index (χ1n) is 7.74. The highest BCUT2D eigenvalue weighted by Crippen LogP contribution is 2.42. The van der Waals surface area contributed by atoms with Gasteiger partial charge in [0.25, 0.3) is 5.91 Å². The lowest BCUT2D eigenvalue weighted by molar-refractivity contribution is 0.102. The van der Waals surface area contributed by atoms with E-state index in [0.717, 1.165) is 15.9 Å². The topological polar surface area (TPSA) is 72.7 Å².